The Morgan fingerprint density at radius 3 is 2.31 bits per heavy atom. The zero-order chi connectivity index (χ0) is 10.3. The van der Waals surface area contributed by atoms with Gasteiger partial charge in [-0.15, -0.1) is 0 Å². The van der Waals surface area contributed by atoms with Crippen molar-refractivity contribution in [3.05, 3.63) is 0 Å². The monoisotopic (exact) mass is 184 g/mol. The van der Waals surface area contributed by atoms with Crippen LogP contribution in [-0.4, -0.2) is 33.4 Å². The van der Waals surface area contributed by atoms with E-state index < -0.39 is 11.2 Å². The molecule has 1 aliphatic rings. The Balaban J connectivity index is 3.09. The molecule has 0 spiro atoms. The number of nitrogens with two attached hydrogens (primary N) is 1. The van der Waals surface area contributed by atoms with Crippen LogP contribution in [0.1, 0.15) is 27.7 Å². The maximum atomic E-state index is 9.80. The Morgan fingerprint density at radius 1 is 1.46 bits per heavy atom. The second-order valence-electron chi connectivity index (χ2n) is 4.14. The highest BCUT2D eigenvalue weighted by atomic mass is 16.5. The molecule has 5 nitrogen and oxygen atoms in total. The first-order valence-corrected chi connectivity index (χ1v) is 4.15. The Bertz CT molecular complexity index is 267. The van der Waals surface area contributed by atoms with Gasteiger partial charge in [-0.1, -0.05) is 0 Å². The zero-order valence-electron chi connectivity index (χ0n) is 8.44. The van der Waals surface area contributed by atoms with E-state index in [1.165, 1.54) is 11.3 Å². The van der Waals surface area contributed by atoms with Crippen molar-refractivity contribution in [1.82, 2.24) is 5.06 Å². The molecule has 0 bridgehead atoms. The Hall–Kier alpha value is -0.940. The van der Waals surface area contributed by atoms with Gasteiger partial charge in [0.05, 0.1) is 17.5 Å². The lowest BCUT2D eigenvalue weighted by atomic mass is 9.99. The summed E-state index contributed by atoms with van der Waals surface area (Å²) in [5.41, 5.74) is -0.464. The number of hydrogen-bond donors (Lipinski definition) is 2. The predicted octanol–water partition coefficient (Wildman–Crippen LogP) is 0.591. The molecule has 1 heterocycles. The Labute approximate surface area is 77.9 Å². The lowest BCUT2D eigenvalue weighted by molar-refractivity contribution is -0.187. The number of nitrogens with zero attached hydrogens (tertiary/aromatic N) is 3. The maximum Gasteiger partial charge on any atom is 0.131 e. The summed E-state index contributed by atoms with van der Waals surface area (Å²) < 4.78 is 0. The third-order valence-electron chi connectivity index (χ3n) is 2.27. The van der Waals surface area contributed by atoms with Crippen LogP contribution in [0.15, 0.2) is 10.1 Å². The van der Waals surface area contributed by atoms with Crippen LogP contribution in [-0.2, 0) is 0 Å². The second kappa shape index (κ2) is 2.78. The predicted molar refractivity (Wildman–Crippen MR) is 51.9 cm³/mol. The summed E-state index contributed by atoms with van der Waals surface area (Å²) in [5, 5.41) is 14.4. The normalized spacial score (nSPS) is 26.7. The minimum atomic E-state index is -0.611. The summed E-state index contributed by atoms with van der Waals surface area (Å²) in [7, 11) is 0. The van der Waals surface area contributed by atoms with Crippen LogP contribution in [0, 0.1) is 0 Å². The topological polar surface area (TPSA) is 74.2 Å². The first kappa shape index (κ1) is 10.1. The van der Waals surface area contributed by atoms with E-state index in [4.69, 9.17) is 5.84 Å². The molecular weight excluding hydrogens is 168 g/mol. The quantitative estimate of drug-likeness (QED) is 0.356. The van der Waals surface area contributed by atoms with Gasteiger partial charge in [-0.25, -0.2) is 0 Å². The molecule has 0 saturated heterocycles. The SMILES string of the molecule is CC1(C)N=C(/C=N/N)C(C)(C)N1O. The molecule has 1 rings (SSSR count). The van der Waals surface area contributed by atoms with Crippen LogP contribution < -0.4 is 5.84 Å². The summed E-state index contributed by atoms with van der Waals surface area (Å²) in [4.78, 5) is 4.31. The molecule has 0 aromatic rings. The van der Waals surface area contributed by atoms with Crippen molar-refractivity contribution in [3.8, 4) is 0 Å². The van der Waals surface area contributed by atoms with Gasteiger partial charge in [0, 0.05) is 0 Å². The summed E-state index contributed by atoms with van der Waals surface area (Å²) >= 11 is 0. The van der Waals surface area contributed by atoms with Crippen molar-refractivity contribution in [2.45, 2.75) is 38.9 Å². The highest BCUT2D eigenvalue weighted by molar-refractivity contribution is 6.35. The van der Waals surface area contributed by atoms with Gasteiger partial charge in [0.1, 0.15) is 5.66 Å². The van der Waals surface area contributed by atoms with Crippen molar-refractivity contribution in [2.24, 2.45) is 15.9 Å². The molecule has 74 valence electrons. The lowest BCUT2D eigenvalue weighted by Crippen LogP contribution is -2.50. The molecule has 0 amide bonds. The number of rotatable bonds is 1. The van der Waals surface area contributed by atoms with Crippen LogP contribution in [0.25, 0.3) is 0 Å². The minimum absolute atomic E-state index is 0.535. The largest absolute Gasteiger partial charge is 0.323 e. The molecule has 0 aromatic heterocycles. The smallest absolute Gasteiger partial charge is 0.131 e. The zero-order valence-corrected chi connectivity index (χ0v) is 8.44. The van der Waals surface area contributed by atoms with Gasteiger partial charge in [-0.2, -0.15) is 10.2 Å². The highest BCUT2D eigenvalue weighted by Gasteiger charge is 2.46. The van der Waals surface area contributed by atoms with Crippen molar-refractivity contribution in [2.75, 3.05) is 0 Å². The van der Waals surface area contributed by atoms with Crippen molar-refractivity contribution < 1.29 is 5.21 Å². The van der Waals surface area contributed by atoms with Crippen LogP contribution in [0.2, 0.25) is 0 Å². The van der Waals surface area contributed by atoms with Gasteiger partial charge < -0.3 is 11.0 Å². The van der Waals surface area contributed by atoms with E-state index in [-0.39, 0.29) is 0 Å². The lowest BCUT2D eigenvalue weighted by Gasteiger charge is -2.33. The molecule has 0 radical (unpaired) electrons. The van der Waals surface area contributed by atoms with E-state index >= 15 is 0 Å². The molecule has 0 saturated carbocycles. The van der Waals surface area contributed by atoms with Gasteiger partial charge in [0.2, 0.25) is 0 Å². The molecule has 13 heavy (non-hydrogen) atoms. The summed E-state index contributed by atoms with van der Waals surface area (Å²) in [5.74, 6) is 5.05. The van der Waals surface area contributed by atoms with Crippen molar-refractivity contribution in [3.63, 3.8) is 0 Å². The molecule has 0 unspecified atom stereocenters. The van der Waals surface area contributed by atoms with Gasteiger partial charge in [0.15, 0.2) is 0 Å². The Kier molecular flexibility index (Phi) is 2.17. The first-order valence-electron chi connectivity index (χ1n) is 4.15. The highest BCUT2D eigenvalue weighted by Crippen LogP contribution is 2.32. The maximum absolute atomic E-state index is 9.80. The standard InChI is InChI=1S/C8H16N4O/c1-7(2)6(5-10-9)11-8(3,4)12(7)13/h5,13H,9H2,1-4H3/b10-5+. The third kappa shape index (κ3) is 1.45. The van der Waals surface area contributed by atoms with E-state index in [0.29, 0.717) is 5.71 Å². The molecule has 0 fully saturated rings. The number of hydrogen-bond acceptors (Lipinski definition) is 5. The van der Waals surface area contributed by atoms with E-state index in [1.807, 2.05) is 27.7 Å². The fraction of sp³-hybridized carbons (Fsp3) is 0.750. The summed E-state index contributed by atoms with van der Waals surface area (Å²) in [6.07, 6.45) is 1.47. The van der Waals surface area contributed by atoms with Crippen LogP contribution in [0.5, 0.6) is 0 Å². The van der Waals surface area contributed by atoms with Gasteiger partial charge >= 0.3 is 0 Å². The minimum Gasteiger partial charge on any atom is -0.323 e. The fourth-order valence-electron chi connectivity index (χ4n) is 1.53. The fourth-order valence-corrected chi connectivity index (χ4v) is 1.53. The van der Waals surface area contributed by atoms with Crippen molar-refractivity contribution in [1.29, 1.82) is 0 Å². The first-order chi connectivity index (χ1) is 5.82. The average molecular weight is 184 g/mol. The van der Waals surface area contributed by atoms with Gasteiger partial charge in [0.25, 0.3) is 0 Å². The van der Waals surface area contributed by atoms with E-state index in [9.17, 15) is 5.21 Å². The molecular formula is C8H16N4O. The van der Waals surface area contributed by atoms with E-state index in [0.717, 1.165) is 0 Å². The number of hydrazone groups is 1. The molecule has 0 aliphatic carbocycles. The van der Waals surface area contributed by atoms with E-state index in [2.05, 4.69) is 10.1 Å². The molecule has 0 aromatic carbocycles. The van der Waals surface area contributed by atoms with Gasteiger partial charge in [-0.3, -0.25) is 4.99 Å². The molecule has 0 atom stereocenters. The molecule has 5 heteroatoms. The summed E-state index contributed by atoms with van der Waals surface area (Å²) in [6, 6.07) is 0. The molecule has 1 aliphatic heterocycles. The second-order valence-corrected chi connectivity index (χ2v) is 4.14. The average Bonchev–Trinajstić information content (AvgIpc) is 2.14. The van der Waals surface area contributed by atoms with Crippen LogP contribution >= 0.6 is 0 Å². The van der Waals surface area contributed by atoms with E-state index in [1.54, 1.807) is 0 Å². The third-order valence-corrected chi connectivity index (χ3v) is 2.27. The Morgan fingerprint density at radius 2 is 2.00 bits per heavy atom. The molecule has 3 N–H and O–H groups in total. The van der Waals surface area contributed by atoms with Crippen LogP contribution in [0.4, 0.5) is 0 Å². The number of aliphatic imine (C=N–C) groups is 1. The number of hydroxylamine groups is 2. The summed E-state index contributed by atoms with van der Waals surface area (Å²) in [6.45, 7) is 7.38. The van der Waals surface area contributed by atoms with Gasteiger partial charge in [-0.05, 0) is 27.7 Å². The van der Waals surface area contributed by atoms with Crippen LogP contribution in [0.3, 0.4) is 0 Å². The van der Waals surface area contributed by atoms with Crippen molar-refractivity contribution >= 4 is 11.9 Å².